The normalized spacial score (nSPS) is 12.3. The zero-order valence-electron chi connectivity index (χ0n) is 11.7. The Morgan fingerprint density at radius 3 is 2.56 bits per heavy atom. The van der Waals surface area contributed by atoms with Crippen LogP contribution in [0.4, 0.5) is 15.8 Å². The molecule has 2 N–H and O–H groups in total. The molecule has 1 atom stereocenters. The van der Waals surface area contributed by atoms with Crippen LogP contribution in [-0.2, 0) is 0 Å². The minimum atomic E-state index is -0.418. The highest BCUT2D eigenvalue weighted by Crippen LogP contribution is 2.31. The predicted octanol–water partition coefficient (Wildman–Crippen LogP) is 3.29. The van der Waals surface area contributed by atoms with Gasteiger partial charge in [-0.15, -0.1) is 0 Å². The molecule has 1 rings (SSSR count). The first kappa shape index (κ1) is 14.6. The number of halogens is 1. The summed E-state index contributed by atoms with van der Waals surface area (Å²) in [7, 11) is 1.46. The Hall–Kier alpha value is -1.45. The van der Waals surface area contributed by atoms with Crippen LogP contribution in [0.25, 0.3) is 0 Å². The van der Waals surface area contributed by atoms with E-state index >= 15 is 0 Å². The Morgan fingerprint density at radius 2 is 2.06 bits per heavy atom. The molecular formula is C14H23FN2O. The minimum absolute atomic E-state index is 0.238. The molecule has 1 aromatic rings. The van der Waals surface area contributed by atoms with Crippen molar-refractivity contribution in [1.29, 1.82) is 0 Å². The molecule has 0 fully saturated rings. The lowest BCUT2D eigenvalue weighted by Gasteiger charge is -2.27. The summed E-state index contributed by atoms with van der Waals surface area (Å²) in [6.45, 7) is 8.17. The van der Waals surface area contributed by atoms with E-state index in [0.717, 1.165) is 25.2 Å². The first-order chi connectivity index (χ1) is 8.53. The highest BCUT2D eigenvalue weighted by molar-refractivity contribution is 5.70. The third-order valence-corrected chi connectivity index (χ3v) is 3.25. The fourth-order valence-corrected chi connectivity index (χ4v) is 1.89. The van der Waals surface area contributed by atoms with Crippen LogP contribution in [-0.4, -0.2) is 20.2 Å². The van der Waals surface area contributed by atoms with Crippen molar-refractivity contribution < 1.29 is 9.13 Å². The number of nitrogen functional groups attached to an aromatic ring is 1. The maximum Gasteiger partial charge on any atom is 0.167 e. The third-order valence-electron chi connectivity index (χ3n) is 3.25. The summed E-state index contributed by atoms with van der Waals surface area (Å²) in [6, 6.07) is 3.00. The van der Waals surface area contributed by atoms with E-state index in [9.17, 15) is 4.39 Å². The molecule has 0 aliphatic heterocycles. The Bertz CT molecular complexity index is 396. The number of ether oxygens (including phenoxy) is 1. The Balaban J connectivity index is 3.04. The van der Waals surface area contributed by atoms with Gasteiger partial charge in [0.2, 0.25) is 0 Å². The first-order valence-electron chi connectivity index (χ1n) is 6.41. The number of nitrogens with zero attached hydrogens (tertiary/aromatic N) is 1. The fourth-order valence-electron chi connectivity index (χ4n) is 1.89. The van der Waals surface area contributed by atoms with E-state index in [1.165, 1.54) is 13.2 Å². The molecule has 0 radical (unpaired) electrons. The van der Waals surface area contributed by atoms with Gasteiger partial charge in [0.15, 0.2) is 11.6 Å². The molecule has 4 heteroatoms. The van der Waals surface area contributed by atoms with Crippen LogP contribution in [0.3, 0.4) is 0 Å². The van der Waals surface area contributed by atoms with Crippen LogP contribution in [0.5, 0.6) is 5.75 Å². The monoisotopic (exact) mass is 254 g/mol. The summed E-state index contributed by atoms with van der Waals surface area (Å²) in [5.41, 5.74) is 7.20. The van der Waals surface area contributed by atoms with Crippen molar-refractivity contribution in [3.05, 3.63) is 17.9 Å². The summed E-state index contributed by atoms with van der Waals surface area (Å²) in [4.78, 5) is 2.16. The fraction of sp³-hybridized carbons (Fsp3) is 0.571. The molecule has 0 amide bonds. The lowest BCUT2D eigenvalue weighted by Crippen LogP contribution is -2.28. The molecule has 1 unspecified atom stereocenters. The van der Waals surface area contributed by atoms with E-state index in [4.69, 9.17) is 10.5 Å². The molecule has 0 saturated heterocycles. The van der Waals surface area contributed by atoms with Gasteiger partial charge in [-0.2, -0.15) is 0 Å². The highest BCUT2D eigenvalue weighted by atomic mass is 19.1. The number of hydrogen-bond acceptors (Lipinski definition) is 3. The molecule has 18 heavy (non-hydrogen) atoms. The standard InChI is InChI=1S/C14H23FN2O/c1-5-10(3)9-17(6-2)13-8-14(18-4)11(15)7-12(13)16/h7-8,10H,5-6,9,16H2,1-4H3. The Labute approximate surface area is 109 Å². The van der Waals surface area contributed by atoms with Gasteiger partial charge in [0.05, 0.1) is 18.5 Å². The summed E-state index contributed by atoms with van der Waals surface area (Å²) in [6.07, 6.45) is 1.11. The number of anilines is 2. The molecule has 0 saturated carbocycles. The second-order valence-electron chi connectivity index (χ2n) is 4.60. The molecule has 3 nitrogen and oxygen atoms in total. The molecule has 0 bridgehead atoms. The van der Waals surface area contributed by atoms with E-state index in [2.05, 4.69) is 25.7 Å². The lowest BCUT2D eigenvalue weighted by molar-refractivity contribution is 0.386. The van der Waals surface area contributed by atoms with Crippen molar-refractivity contribution in [2.45, 2.75) is 27.2 Å². The number of methoxy groups -OCH3 is 1. The molecule has 0 spiro atoms. The van der Waals surface area contributed by atoms with E-state index in [-0.39, 0.29) is 5.75 Å². The van der Waals surface area contributed by atoms with Gasteiger partial charge in [-0.25, -0.2) is 4.39 Å². The molecule has 0 heterocycles. The van der Waals surface area contributed by atoms with Crippen molar-refractivity contribution in [2.24, 2.45) is 5.92 Å². The van der Waals surface area contributed by atoms with Gasteiger partial charge in [0, 0.05) is 25.2 Å². The zero-order chi connectivity index (χ0) is 13.7. The number of rotatable bonds is 6. The van der Waals surface area contributed by atoms with E-state index < -0.39 is 5.82 Å². The maximum absolute atomic E-state index is 13.5. The van der Waals surface area contributed by atoms with Crippen molar-refractivity contribution in [3.8, 4) is 5.75 Å². The highest BCUT2D eigenvalue weighted by Gasteiger charge is 2.15. The Morgan fingerprint density at radius 1 is 1.39 bits per heavy atom. The smallest absolute Gasteiger partial charge is 0.167 e. The maximum atomic E-state index is 13.5. The molecule has 0 aliphatic carbocycles. The minimum Gasteiger partial charge on any atom is -0.494 e. The van der Waals surface area contributed by atoms with Crippen molar-refractivity contribution in [2.75, 3.05) is 30.8 Å². The van der Waals surface area contributed by atoms with Crippen molar-refractivity contribution >= 4 is 11.4 Å². The Kier molecular flexibility index (Phi) is 5.25. The molecule has 0 aromatic heterocycles. The van der Waals surface area contributed by atoms with E-state index in [1.807, 2.05) is 0 Å². The summed E-state index contributed by atoms with van der Waals surface area (Å²) in [5.74, 6) is 0.389. The predicted molar refractivity (Wildman–Crippen MR) is 74.7 cm³/mol. The van der Waals surface area contributed by atoms with Crippen LogP contribution < -0.4 is 15.4 Å². The van der Waals surface area contributed by atoms with Crippen LogP contribution in [0.2, 0.25) is 0 Å². The molecule has 102 valence electrons. The average Bonchev–Trinajstić information content (AvgIpc) is 2.36. The zero-order valence-corrected chi connectivity index (χ0v) is 11.7. The first-order valence-corrected chi connectivity index (χ1v) is 6.41. The summed E-state index contributed by atoms with van der Waals surface area (Å²) >= 11 is 0. The van der Waals surface area contributed by atoms with Crippen molar-refractivity contribution in [1.82, 2.24) is 0 Å². The van der Waals surface area contributed by atoms with Gasteiger partial charge in [0.25, 0.3) is 0 Å². The van der Waals surface area contributed by atoms with E-state index in [1.54, 1.807) is 6.07 Å². The number of hydrogen-bond donors (Lipinski definition) is 1. The molecule has 0 aliphatic rings. The molecule has 1 aromatic carbocycles. The van der Waals surface area contributed by atoms with Gasteiger partial charge >= 0.3 is 0 Å². The van der Waals surface area contributed by atoms with Gasteiger partial charge in [0.1, 0.15) is 0 Å². The second-order valence-corrected chi connectivity index (χ2v) is 4.60. The van der Waals surface area contributed by atoms with Gasteiger partial charge in [-0.1, -0.05) is 20.3 Å². The number of nitrogens with two attached hydrogens (primary N) is 1. The summed E-state index contributed by atoms with van der Waals surface area (Å²) in [5, 5.41) is 0. The molecular weight excluding hydrogens is 231 g/mol. The lowest BCUT2D eigenvalue weighted by atomic mass is 10.1. The summed E-state index contributed by atoms with van der Waals surface area (Å²) < 4.78 is 18.5. The third kappa shape index (κ3) is 3.28. The second kappa shape index (κ2) is 6.47. The van der Waals surface area contributed by atoms with Crippen LogP contribution in [0.15, 0.2) is 12.1 Å². The van der Waals surface area contributed by atoms with Gasteiger partial charge < -0.3 is 15.4 Å². The largest absolute Gasteiger partial charge is 0.494 e. The quantitative estimate of drug-likeness (QED) is 0.792. The average molecular weight is 254 g/mol. The van der Waals surface area contributed by atoms with Crippen LogP contribution in [0.1, 0.15) is 27.2 Å². The van der Waals surface area contributed by atoms with Crippen LogP contribution in [0, 0.1) is 11.7 Å². The van der Waals surface area contributed by atoms with E-state index in [0.29, 0.717) is 11.6 Å². The SMILES string of the molecule is CCC(C)CN(CC)c1cc(OC)c(F)cc1N. The van der Waals surface area contributed by atoms with Gasteiger partial charge in [-0.3, -0.25) is 0 Å². The number of benzene rings is 1. The van der Waals surface area contributed by atoms with Gasteiger partial charge in [-0.05, 0) is 12.8 Å². The van der Waals surface area contributed by atoms with Crippen LogP contribution >= 0.6 is 0 Å². The topological polar surface area (TPSA) is 38.5 Å². The van der Waals surface area contributed by atoms with Crippen molar-refractivity contribution in [3.63, 3.8) is 0 Å².